The second-order valence-corrected chi connectivity index (χ2v) is 4.61. The number of carbonyl (C=O) groups excluding carboxylic acids is 1. The number of allylic oxidation sites excluding steroid dienone is 1. The van der Waals surface area contributed by atoms with Crippen LogP contribution in [0.3, 0.4) is 0 Å². The molecule has 0 saturated carbocycles. The van der Waals surface area contributed by atoms with Gasteiger partial charge in [0.15, 0.2) is 0 Å². The van der Waals surface area contributed by atoms with Gasteiger partial charge in [-0.1, -0.05) is 0 Å². The highest BCUT2D eigenvalue weighted by atomic mass is 79.9. The monoisotopic (exact) mass is 308 g/mol. The van der Waals surface area contributed by atoms with Crippen LogP contribution in [0, 0.1) is 0 Å². The largest absolute Gasteiger partial charge is 0.288 e. The third-order valence-electron chi connectivity index (χ3n) is 2.53. The SMILES string of the molecule is CCn1cc(Br)c(/C=C/C(=O)c2ccnn2C)n1. The Morgan fingerprint density at radius 3 is 2.89 bits per heavy atom. The van der Waals surface area contributed by atoms with E-state index in [2.05, 4.69) is 26.1 Å². The lowest BCUT2D eigenvalue weighted by molar-refractivity contribution is 0.103. The summed E-state index contributed by atoms with van der Waals surface area (Å²) in [6.07, 6.45) is 6.69. The molecule has 94 valence electrons. The first-order valence-corrected chi connectivity index (χ1v) is 6.34. The minimum atomic E-state index is -0.0899. The fourth-order valence-corrected chi connectivity index (χ4v) is 1.99. The highest BCUT2D eigenvalue weighted by Gasteiger charge is 2.07. The first-order valence-electron chi connectivity index (χ1n) is 5.55. The lowest BCUT2D eigenvalue weighted by Gasteiger charge is -1.95. The summed E-state index contributed by atoms with van der Waals surface area (Å²) in [6, 6.07) is 1.69. The maximum Gasteiger partial charge on any atom is 0.203 e. The fraction of sp³-hybridized carbons (Fsp3) is 0.250. The van der Waals surface area contributed by atoms with Crippen LogP contribution >= 0.6 is 15.9 Å². The van der Waals surface area contributed by atoms with Crippen LogP contribution in [-0.4, -0.2) is 25.3 Å². The van der Waals surface area contributed by atoms with Crippen molar-refractivity contribution in [1.29, 1.82) is 0 Å². The number of rotatable bonds is 4. The molecule has 2 aromatic heterocycles. The van der Waals surface area contributed by atoms with E-state index in [1.165, 1.54) is 6.08 Å². The lowest BCUT2D eigenvalue weighted by atomic mass is 10.2. The van der Waals surface area contributed by atoms with Crippen LogP contribution in [0.2, 0.25) is 0 Å². The Morgan fingerprint density at radius 2 is 2.33 bits per heavy atom. The normalized spacial score (nSPS) is 11.3. The first-order chi connectivity index (χ1) is 8.61. The molecular weight excluding hydrogens is 296 g/mol. The molecule has 0 aliphatic heterocycles. The number of nitrogens with zero attached hydrogens (tertiary/aromatic N) is 4. The number of hydrogen-bond donors (Lipinski definition) is 0. The number of aromatic nitrogens is 4. The standard InChI is InChI=1S/C12H13BrN4O/c1-3-17-8-9(13)10(15-17)4-5-12(18)11-6-7-14-16(11)2/h4-8H,3H2,1-2H3/b5-4+. The van der Waals surface area contributed by atoms with Gasteiger partial charge in [-0.3, -0.25) is 14.2 Å². The molecule has 2 heterocycles. The Morgan fingerprint density at radius 1 is 1.56 bits per heavy atom. The van der Waals surface area contributed by atoms with Crippen molar-refractivity contribution in [2.45, 2.75) is 13.5 Å². The lowest BCUT2D eigenvalue weighted by Crippen LogP contribution is -2.03. The van der Waals surface area contributed by atoms with Gasteiger partial charge in [0.2, 0.25) is 5.78 Å². The average Bonchev–Trinajstić information content (AvgIpc) is 2.92. The van der Waals surface area contributed by atoms with E-state index in [1.54, 1.807) is 34.8 Å². The van der Waals surface area contributed by atoms with Crippen molar-refractivity contribution in [2.24, 2.45) is 7.05 Å². The highest BCUT2D eigenvalue weighted by Crippen LogP contribution is 2.16. The van der Waals surface area contributed by atoms with Gasteiger partial charge in [-0.15, -0.1) is 0 Å². The maximum absolute atomic E-state index is 11.9. The maximum atomic E-state index is 11.9. The molecule has 0 bridgehead atoms. The fourth-order valence-electron chi connectivity index (χ4n) is 1.54. The van der Waals surface area contributed by atoms with Crippen molar-refractivity contribution in [3.63, 3.8) is 0 Å². The smallest absolute Gasteiger partial charge is 0.203 e. The highest BCUT2D eigenvalue weighted by molar-refractivity contribution is 9.10. The van der Waals surface area contributed by atoms with Gasteiger partial charge in [0, 0.05) is 26.0 Å². The molecule has 18 heavy (non-hydrogen) atoms. The molecule has 5 nitrogen and oxygen atoms in total. The molecule has 0 amide bonds. The molecule has 0 fully saturated rings. The topological polar surface area (TPSA) is 52.7 Å². The number of halogens is 1. The molecular formula is C12H13BrN4O. The molecule has 0 aliphatic rings. The molecule has 2 rings (SSSR count). The van der Waals surface area contributed by atoms with Gasteiger partial charge < -0.3 is 0 Å². The van der Waals surface area contributed by atoms with Crippen molar-refractivity contribution in [3.8, 4) is 0 Å². The van der Waals surface area contributed by atoms with Crippen LogP contribution in [0.4, 0.5) is 0 Å². The summed E-state index contributed by atoms with van der Waals surface area (Å²) < 4.78 is 4.23. The molecule has 0 spiro atoms. The molecule has 0 aliphatic carbocycles. The summed E-state index contributed by atoms with van der Waals surface area (Å²) >= 11 is 3.41. The zero-order valence-electron chi connectivity index (χ0n) is 10.2. The zero-order chi connectivity index (χ0) is 13.1. The Balaban J connectivity index is 2.18. The van der Waals surface area contributed by atoms with Gasteiger partial charge >= 0.3 is 0 Å². The summed E-state index contributed by atoms with van der Waals surface area (Å²) in [7, 11) is 1.74. The summed E-state index contributed by atoms with van der Waals surface area (Å²) in [4.78, 5) is 11.9. The van der Waals surface area contributed by atoms with Crippen LogP contribution in [0.5, 0.6) is 0 Å². The number of hydrogen-bond acceptors (Lipinski definition) is 3. The third-order valence-corrected chi connectivity index (χ3v) is 3.14. The Bertz CT molecular complexity index is 597. The molecule has 0 atom stereocenters. The average molecular weight is 309 g/mol. The first kappa shape index (κ1) is 12.8. The van der Waals surface area contributed by atoms with Gasteiger partial charge in [-0.2, -0.15) is 10.2 Å². The van der Waals surface area contributed by atoms with Gasteiger partial charge in [-0.05, 0) is 41.1 Å². The summed E-state index contributed by atoms with van der Waals surface area (Å²) in [5.74, 6) is -0.0899. The van der Waals surface area contributed by atoms with Crippen molar-refractivity contribution in [1.82, 2.24) is 19.6 Å². The van der Waals surface area contributed by atoms with Gasteiger partial charge in [0.05, 0.1) is 10.2 Å². The van der Waals surface area contributed by atoms with E-state index in [9.17, 15) is 4.79 Å². The number of ketones is 1. The summed E-state index contributed by atoms with van der Waals surface area (Å²) in [6.45, 7) is 2.80. The van der Waals surface area contributed by atoms with Crippen LogP contribution in [0.1, 0.15) is 23.1 Å². The van der Waals surface area contributed by atoms with E-state index < -0.39 is 0 Å². The molecule has 6 heteroatoms. The van der Waals surface area contributed by atoms with Crippen LogP contribution in [-0.2, 0) is 13.6 Å². The van der Waals surface area contributed by atoms with E-state index in [4.69, 9.17) is 0 Å². The molecule has 0 radical (unpaired) electrons. The van der Waals surface area contributed by atoms with Crippen LogP contribution in [0.15, 0.2) is 29.0 Å². The van der Waals surface area contributed by atoms with Crippen molar-refractivity contribution < 1.29 is 4.79 Å². The predicted octanol–water partition coefficient (Wildman–Crippen LogP) is 2.30. The predicted molar refractivity (Wildman–Crippen MR) is 72.2 cm³/mol. The Labute approximate surface area is 113 Å². The van der Waals surface area contributed by atoms with E-state index in [-0.39, 0.29) is 5.78 Å². The Kier molecular flexibility index (Phi) is 3.76. The molecule has 0 aromatic carbocycles. The second kappa shape index (κ2) is 5.30. The van der Waals surface area contributed by atoms with Crippen LogP contribution in [0.25, 0.3) is 6.08 Å². The van der Waals surface area contributed by atoms with E-state index >= 15 is 0 Å². The minimum Gasteiger partial charge on any atom is -0.288 e. The van der Waals surface area contributed by atoms with Gasteiger partial charge in [0.25, 0.3) is 0 Å². The molecule has 2 aromatic rings. The van der Waals surface area contributed by atoms with Crippen LogP contribution < -0.4 is 0 Å². The minimum absolute atomic E-state index is 0.0899. The third kappa shape index (κ3) is 2.59. The van der Waals surface area contributed by atoms with Gasteiger partial charge in [-0.25, -0.2) is 0 Å². The number of carbonyl (C=O) groups is 1. The molecule has 0 N–H and O–H groups in total. The quantitative estimate of drug-likeness (QED) is 0.643. The van der Waals surface area contributed by atoms with Crippen molar-refractivity contribution in [3.05, 3.63) is 40.4 Å². The van der Waals surface area contributed by atoms with E-state index in [0.717, 1.165) is 16.7 Å². The Hall–Kier alpha value is -1.69. The summed E-state index contributed by atoms with van der Waals surface area (Å²) in [5.41, 5.74) is 1.30. The second-order valence-electron chi connectivity index (χ2n) is 3.76. The van der Waals surface area contributed by atoms with Crippen molar-refractivity contribution in [2.75, 3.05) is 0 Å². The van der Waals surface area contributed by atoms with Crippen molar-refractivity contribution >= 4 is 27.8 Å². The zero-order valence-corrected chi connectivity index (χ0v) is 11.8. The van der Waals surface area contributed by atoms with E-state index in [0.29, 0.717) is 5.69 Å². The van der Waals surface area contributed by atoms with E-state index in [1.807, 2.05) is 13.1 Å². The molecule has 0 saturated heterocycles. The summed E-state index contributed by atoms with van der Waals surface area (Å²) in [5, 5.41) is 8.27. The molecule has 0 unspecified atom stereocenters. The number of aryl methyl sites for hydroxylation is 2. The van der Waals surface area contributed by atoms with Gasteiger partial charge in [0.1, 0.15) is 5.69 Å².